The highest BCUT2D eigenvalue weighted by Crippen LogP contribution is 2.32. The second-order valence-corrected chi connectivity index (χ2v) is 3.94. The van der Waals surface area contributed by atoms with E-state index in [9.17, 15) is 4.39 Å². The van der Waals surface area contributed by atoms with Gasteiger partial charge in [-0.25, -0.2) is 4.39 Å². The van der Waals surface area contributed by atoms with E-state index in [1.54, 1.807) is 23.1 Å². The van der Waals surface area contributed by atoms with Crippen LogP contribution in [-0.4, -0.2) is 14.8 Å². The molecule has 3 aromatic rings. The van der Waals surface area contributed by atoms with Crippen molar-refractivity contribution in [1.29, 1.82) is 0 Å². The Labute approximate surface area is 96.9 Å². The summed E-state index contributed by atoms with van der Waals surface area (Å²) in [6.07, 6.45) is 3.34. The number of H-pyrrole nitrogens is 1. The van der Waals surface area contributed by atoms with Crippen molar-refractivity contribution in [1.82, 2.24) is 14.8 Å². The fraction of sp³-hybridized carbons (Fsp3) is 0.0833. The van der Waals surface area contributed by atoms with Gasteiger partial charge < -0.3 is 10.7 Å². The first-order valence-corrected chi connectivity index (χ1v) is 5.22. The van der Waals surface area contributed by atoms with Gasteiger partial charge in [-0.05, 0) is 6.07 Å². The summed E-state index contributed by atoms with van der Waals surface area (Å²) in [6.45, 7) is 0. The van der Waals surface area contributed by atoms with Gasteiger partial charge in [0.15, 0.2) is 0 Å². The number of nitrogens with zero attached hydrogens (tertiary/aromatic N) is 2. The van der Waals surface area contributed by atoms with Gasteiger partial charge in [0.25, 0.3) is 0 Å². The summed E-state index contributed by atoms with van der Waals surface area (Å²) >= 11 is 0. The number of para-hydroxylation sites is 1. The minimum Gasteiger partial charge on any atom is -0.396 e. The quantitative estimate of drug-likeness (QED) is 0.673. The number of aromatic nitrogens is 3. The molecular formula is C12H11FN4. The van der Waals surface area contributed by atoms with Gasteiger partial charge in [-0.2, -0.15) is 5.10 Å². The molecule has 0 unspecified atom stereocenters. The van der Waals surface area contributed by atoms with E-state index in [4.69, 9.17) is 5.73 Å². The zero-order valence-corrected chi connectivity index (χ0v) is 9.24. The number of aryl methyl sites for hydroxylation is 1. The summed E-state index contributed by atoms with van der Waals surface area (Å²) in [5, 5.41) is 4.89. The molecule has 1 aromatic carbocycles. The van der Waals surface area contributed by atoms with Crippen LogP contribution in [0.4, 0.5) is 10.1 Å². The van der Waals surface area contributed by atoms with Crippen molar-refractivity contribution < 1.29 is 4.39 Å². The Balaban J connectivity index is 2.36. The van der Waals surface area contributed by atoms with E-state index in [1.165, 1.54) is 6.07 Å². The number of hydrogen-bond donors (Lipinski definition) is 2. The maximum absolute atomic E-state index is 13.6. The van der Waals surface area contributed by atoms with Gasteiger partial charge in [-0.1, -0.05) is 12.1 Å². The van der Waals surface area contributed by atoms with E-state index in [-0.39, 0.29) is 5.82 Å². The topological polar surface area (TPSA) is 59.6 Å². The van der Waals surface area contributed by atoms with Crippen LogP contribution in [0.25, 0.3) is 22.2 Å². The molecule has 0 saturated heterocycles. The average Bonchev–Trinajstić information content (AvgIpc) is 2.84. The summed E-state index contributed by atoms with van der Waals surface area (Å²) in [5.74, 6) is -0.269. The Morgan fingerprint density at radius 1 is 1.41 bits per heavy atom. The molecule has 0 aliphatic rings. The summed E-state index contributed by atoms with van der Waals surface area (Å²) in [5.41, 5.74) is 8.59. The monoisotopic (exact) mass is 230 g/mol. The van der Waals surface area contributed by atoms with Crippen molar-refractivity contribution in [3.05, 3.63) is 36.4 Å². The first-order chi connectivity index (χ1) is 8.18. The van der Waals surface area contributed by atoms with Gasteiger partial charge in [0, 0.05) is 24.2 Å². The minimum absolute atomic E-state index is 0.269. The molecule has 3 rings (SSSR count). The highest BCUT2D eigenvalue weighted by atomic mass is 19.1. The predicted molar refractivity (Wildman–Crippen MR) is 64.9 cm³/mol. The Hall–Kier alpha value is -2.30. The molecular weight excluding hydrogens is 219 g/mol. The van der Waals surface area contributed by atoms with Crippen LogP contribution in [-0.2, 0) is 7.05 Å². The van der Waals surface area contributed by atoms with E-state index >= 15 is 0 Å². The third-order valence-corrected chi connectivity index (χ3v) is 2.89. The standard InChI is InChI=1S/C12H11FN4/c1-17-12(10(14)6-16-17)8-5-15-11-7(8)3-2-4-9(11)13/h2-6,15H,14H2,1H3. The third-order valence-electron chi connectivity index (χ3n) is 2.89. The summed E-state index contributed by atoms with van der Waals surface area (Å²) in [6, 6.07) is 4.97. The summed E-state index contributed by atoms with van der Waals surface area (Å²) < 4.78 is 15.2. The molecule has 0 bridgehead atoms. The van der Waals surface area contributed by atoms with Crippen LogP contribution in [0.3, 0.4) is 0 Å². The van der Waals surface area contributed by atoms with Crippen LogP contribution < -0.4 is 5.73 Å². The summed E-state index contributed by atoms with van der Waals surface area (Å²) in [7, 11) is 1.81. The van der Waals surface area contributed by atoms with Crippen LogP contribution in [0, 0.1) is 5.82 Å². The molecule has 0 aliphatic heterocycles. The van der Waals surface area contributed by atoms with Crippen molar-refractivity contribution >= 4 is 16.6 Å². The zero-order valence-electron chi connectivity index (χ0n) is 9.24. The molecule has 5 heteroatoms. The van der Waals surface area contributed by atoms with E-state index in [0.29, 0.717) is 11.2 Å². The number of anilines is 1. The molecule has 0 atom stereocenters. The van der Waals surface area contributed by atoms with Crippen molar-refractivity contribution in [3.8, 4) is 11.3 Å². The number of nitrogens with one attached hydrogen (secondary N) is 1. The van der Waals surface area contributed by atoms with Gasteiger partial charge in [-0.3, -0.25) is 4.68 Å². The van der Waals surface area contributed by atoms with Gasteiger partial charge in [-0.15, -0.1) is 0 Å². The van der Waals surface area contributed by atoms with Crippen molar-refractivity contribution in [3.63, 3.8) is 0 Å². The molecule has 86 valence electrons. The number of nitrogens with two attached hydrogens (primary N) is 1. The fourth-order valence-corrected chi connectivity index (χ4v) is 2.10. The molecule has 0 aliphatic carbocycles. The molecule has 2 heterocycles. The number of benzene rings is 1. The van der Waals surface area contributed by atoms with E-state index in [0.717, 1.165) is 16.6 Å². The largest absolute Gasteiger partial charge is 0.396 e. The van der Waals surface area contributed by atoms with Crippen molar-refractivity contribution in [2.75, 3.05) is 5.73 Å². The molecule has 0 fully saturated rings. The third kappa shape index (κ3) is 1.32. The predicted octanol–water partition coefficient (Wildman–Crippen LogP) is 2.29. The molecule has 0 saturated carbocycles. The Bertz CT molecular complexity index is 676. The second kappa shape index (κ2) is 3.35. The minimum atomic E-state index is -0.269. The normalized spacial score (nSPS) is 11.2. The first kappa shape index (κ1) is 9.89. The lowest BCUT2D eigenvalue weighted by molar-refractivity contribution is 0.637. The van der Waals surface area contributed by atoms with Gasteiger partial charge >= 0.3 is 0 Å². The molecule has 3 N–H and O–H groups in total. The number of aromatic amines is 1. The Morgan fingerprint density at radius 2 is 2.24 bits per heavy atom. The molecule has 0 amide bonds. The lowest BCUT2D eigenvalue weighted by atomic mass is 10.1. The highest BCUT2D eigenvalue weighted by molar-refractivity contribution is 5.97. The number of hydrogen-bond acceptors (Lipinski definition) is 2. The highest BCUT2D eigenvalue weighted by Gasteiger charge is 2.14. The smallest absolute Gasteiger partial charge is 0.147 e. The molecule has 2 aromatic heterocycles. The zero-order chi connectivity index (χ0) is 12.0. The number of rotatable bonds is 1. The maximum Gasteiger partial charge on any atom is 0.147 e. The van der Waals surface area contributed by atoms with Crippen LogP contribution in [0.15, 0.2) is 30.6 Å². The van der Waals surface area contributed by atoms with Crippen LogP contribution in [0.2, 0.25) is 0 Å². The van der Waals surface area contributed by atoms with Crippen molar-refractivity contribution in [2.45, 2.75) is 0 Å². The molecule has 0 radical (unpaired) electrons. The average molecular weight is 230 g/mol. The van der Waals surface area contributed by atoms with E-state index in [2.05, 4.69) is 10.1 Å². The van der Waals surface area contributed by atoms with E-state index in [1.807, 2.05) is 13.1 Å². The summed E-state index contributed by atoms with van der Waals surface area (Å²) in [4.78, 5) is 2.93. The second-order valence-electron chi connectivity index (χ2n) is 3.94. The molecule has 17 heavy (non-hydrogen) atoms. The lowest BCUT2D eigenvalue weighted by Gasteiger charge is -2.02. The van der Waals surface area contributed by atoms with Crippen molar-refractivity contribution in [2.24, 2.45) is 7.05 Å². The Kier molecular flexibility index (Phi) is 1.95. The van der Waals surface area contributed by atoms with Crippen LogP contribution >= 0.6 is 0 Å². The van der Waals surface area contributed by atoms with Gasteiger partial charge in [0.2, 0.25) is 0 Å². The van der Waals surface area contributed by atoms with Gasteiger partial charge in [0.05, 0.1) is 23.1 Å². The molecule has 4 nitrogen and oxygen atoms in total. The van der Waals surface area contributed by atoms with E-state index < -0.39 is 0 Å². The Morgan fingerprint density at radius 3 is 2.94 bits per heavy atom. The van der Waals surface area contributed by atoms with Crippen LogP contribution in [0.1, 0.15) is 0 Å². The lowest BCUT2D eigenvalue weighted by Crippen LogP contribution is -1.95. The molecule has 0 spiro atoms. The number of nitrogen functional groups attached to an aromatic ring is 1. The first-order valence-electron chi connectivity index (χ1n) is 5.22. The number of halogens is 1. The maximum atomic E-state index is 13.6. The fourth-order valence-electron chi connectivity index (χ4n) is 2.10. The SMILES string of the molecule is Cn1ncc(N)c1-c1c[nH]c2c(F)cccc12. The van der Waals surface area contributed by atoms with Gasteiger partial charge in [0.1, 0.15) is 5.82 Å². The number of fused-ring (bicyclic) bond motifs is 1. The van der Waals surface area contributed by atoms with Crippen LogP contribution in [0.5, 0.6) is 0 Å².